The van der Waals surface area contributed by atoms with Gasteiger partial charge in [0.25, 0.3) is 11.8 Å². The molecular weight excluding hydrogens is 414 g/mol. The minimum atomic E-state index is -0.617. The number of carbonyl (C=O) groups is 2. The number of hydrazone groups is 1. The molecule has 0 aliphatic carbocycles. The summed E-state index contributed by atoms with van der Waals surface area (Å²) in [7, 11) is 0. The van der Waals surface area contributed by atoms with Gasteiger partial charge >= 0.3 is 0 Å². The van der Waals surface area contributed by atoms with E-state index in [9.17, 15) is 14.7 Å². The van der Waals surface area contributed by atoms with E-state index in [1.807, 2.05) is 0 Å². The SMILES string of the molecule is C/C(=N\NC(=O)C(=Cc1ccc(Cl)cc1)NC(=O)c1ccccc1)c1ccccc1O. The standard InChI is InChI=1S/C24H20ClN3O3/c1-16(20-9-5-6-10-22(20)29)27-28-24(31)21(15-17-11-13-19(25)14-12-17)26-23(30)18-7-3-2-4-8-18/h2-15,29H,1H3,(H,26,30)(H,28,31)/b21-15?,27-16+. The molecule has 3 aromatic carbocycles. The van der Waals surface area contributed by atoms with Crippen molar-refractivity contribution in [2.24, 2.45) is 5.10 Å². The molecule has 0 spiro atoms. The number of rotatable bonds is 6. The Balaban J connectivity index is 1.85. The monoisotopic (exact) mass is 433 g/mol. The van der Waals surface area contributed by atoms with Gasteiger partial charge in [-0.15, -0.1) is 0 Å². The summed E-state index contributed by atoms with van der Waals surface area (Å²) in [6.45, 7) is 1.65. The van der Waals surface area contributed by atoms with Crippen molar-refractivity contribution in [3.8, 4) is 5.75 Å². The number of amides is 2. The number of hydrogen-bond acceptors (Lipinski definition) is 4. The molecule has 0 heterocycles. The molecule has 3 rings (SSSR count). The first-order valence-corrected chi connectivity index (χ1v) is 9.78. The lowest BCUT2D eigenvalue weighted by atomic mass is 10.1. The molecule has 0 radical (unpaired) electrons. The van der Waals surface area contributed by atoms with Crippen molar-refractivity contribution in [1.29, 1.82) is 0 Å². The van der Waals surface area contributed by atoms with Crippen LogP contribution in [0.25, 0.3) is 6.08 Å². The number of carbonyl (C=O) groups excluding carboxylic acids is 2. The van der Waals surface area contributed by atoms with Crippen LogP contribution in [0, 0.1) is 0 Å². The third kappa shape index (κ3) is 6.04. The zero-order chi connectivity index (χ0) is 22.2. The number of nitrogens with zero attached hydrogens (tertiary/aromatic N) is 1. The van der Waals surface area contributed by atoms with Crippen molar-refractivity contribution in [2.45, 2.75) is 6.92 Å². The number of hydrogen-bond donors (Lipinski definition) is 3. The summed E-state index contributed by atoms with van der Waals surface area (Å²) < 4.78 is 0. The molecule has 0 aliphatic heterocycles. The number of nitrogens with one attached hydrogen (secondary N) is 2. The van der Waals surface area contributed by atoms with Gasteiger partial charge in [0.15, 0.2) is 0 Å². The maximum atomic E-state index is 12.8. The Labute approximate surface area is 184 Å². The van der Waals surface area contributed by atoms with E-state index in [1.54, 1.807) is 79.7 Å². The van der Waals surface area contributed by atoms with Crippen LogP contribution in [-0.2, 0) is 4.79 Å². The van der Waals surface area contributed by atoms with Crippen LogP contribution in [0.1, 0.15) is 28.4 Å². The van der Waals surface area contributed by atoms with Gasteiger partial charge in [0.1, 0.15) is 11.4 Å². The highest BCUT2D eigenvalue weighted by atomic mass is 35.5. The molecule has 0 atom stereocenters. The predicted molar refractivity (Wildman–Crippen MR) is 122 cm³/mol. The lowest BCUT2D eigenvalue weighted by molar-refractivity contribution is -0.117. The van der Waals surface area contributed by atoms with E-state index in [0.717, 1.165) is 0 Å². The molecule has 0 aliphatic rings. The van der Waals surface area contributed by atoms with Gasteiger partial charge in [0.05, 0.1) is 5.71 Å². The van der Waals surface area contributed by atoms with E-state index in [-0.39, 0.29) is 11.4 Å². The van der Waals surface area contributed by atoms with Crippen molar-refractivity contribution in [2.75, 3.05) is 0 Å². The van der Waals surface area contributed by atoms with E-state index < -0.39 is 11.8 Å². The molecular formula is C24H20ClN3O3. The summed E-state index contributed by atoms with van der Waals surface area (Å²) in [5.74, 6) is -1.00. The lowest BCUT2D eigenvalue weighted by Crippen LogP contribution is -2.33. The largest absolute Gasteiger partial charge is 0.507 e. The van der Waals surface area contributed by atoms with E-state index in [1.165, 1.54) is 12.1 Å². The minimum Gasteiger partial charge on any atom is -0.507 e. The van der Waals surface area contributed by atoms with Crippen LogP contribution >= 0.6 is 11.6 Å². The number of phenols is 1. The van der Waals surface area contributed by atoms with Gasteiger partial charge in [-0.05, 0) is 55.0 Å². The van der Waals surface area contributed by atoms with Crippen molar-refractivity contribution in [3.63, 3.8) is 0 Å². The second kappa shape index (κ2) is 10.2. The Morgan fingerprint density at radius 2 is 1.58 bits per heavy atom. The first-order chi connectivity index (χ1) is 14.9. The third-order valence-corrected chi connectivity index (χ3v) is 4.58. The summed E-state index contributed by atoms with van der Waals surface area (Å²) in [5.41, 5.74) is 4.40. The van der Waals surface area contributed by atoms with E-state index in [4.69, 9.17) is 11.6 Å². The Kier molecular flexibility index (Phi) is 7.19. The lowest BCUT2D eigenvalue weighted by Gasteiger charge is -2.10. The topological polar surface area (TPSA) is 90.8 Å². The molecule has 0 fully saturated rings. The fourth-order valence-corrected chi connectivity index (χ4v) is 2.83. The second-order valence-corrected chi connectivity index (χ2v) is 7.02. The summed E-state index contributed by atoms with van der Waals surface area (Å²) in [6, 6.07) is 22.0. The number of phenolic OH excluding ortho intramolecular Hbond substituents is 1. The van der Waals surface area contributed by atoms with Crippen molar-refractivity contribution >= 4 is 35.2 Å². The van der Waals surface area contributed by atoms with Crippen LogP contribution in [0.4, 0.5) is 0 Å². The van der Waals surface area contributed by atoms with E-state index in [0.29, 0.717) is 27.4 Å². The van der Waals surface area contributed by atoms with E-state index >= 15 is 0 Å². The van der Waals surface area contributed by atoms with Crippen LogP contribution in [-0.4, -0.2) is 22.6 Å². The van der Waals surface area contributed by atoms with Crippen LogP contribution in [0.15, 0.2) is 89.7 Å². The molecule has 3 aromatic rings. The molecule has 0 bridgehead atoms. The Bertz CT molecular complexity index is 1140. The van der Waals surface area contributed by atoms with Gasteiger partial charge in [-0.25, -0.2) is 5.43 Å². The van der Waals surface area contributed by atoms with Gasteiger partial charge in [-0.3, -0.25) is 9.59 Å². The van der Waals surface area contributed by atoms with Gasteiger partial charge in [-0.2, -0.15) is 5.10 Å². The predicted octanol–water partition coefficient (Wildman–Crippen LogP) is 4.36. The van der Waals surface area contributed by atoms with Crippen LogP contribution in [0.5, 0.6) is 5.75 Å². The van der Waals surface area contributed by atoms with Gasteiger partial charge in [0.2, 0.25) is 0 Å². The Morgan fingerprint density at radius 1 is 0.935 bits per heavy atom. The van der Waals surface area contributed by atoms with Crippen molar-refractivity contribution < 1.29 is 14.7 Å². The minimum absolute atomic E-state index is 0.00464. The zero-order valence-corrected chi connectivity index (χ0v) is 17.4. The molecule has 0 unspecified atom stereocenters. The van der Waals surface area contributed by atoms with Crippen molar-refractivity contribution in [3.05, 3.63) is 106 Å². The number of benzene rings is 3. The molecule has 156 valence electrons. The van der Waals surface area contributed by atoms with E-state index in [2.05, 4.69) is 15.8 Å². The zero-order valence-electron chi connectivity index (χ0n) is 16.7. The highest BCUT2D eigenvalue weighted by molar-refractivity contribution is 6.30. The van der Waals surface area contributed by atoms with Crippen molar-refractivity contribution in [1.82, 2.24) is 10.7 Å². The maximum Gasteiger partial charge on any atom is 0.287 e. The molecule has 2 amide bonds. The van der Waals surface area contributed by atoms with Gasteiger partial charge in [0, 0.05) is 16.1 Å². The van der Waals surface area contributed by atoms with Gasteiger partial charge in [-0.1, -0.05) is 54.1 Å². The number of halogens is 1. The normalized spacial score (nSPS) is 11.7. The first-order valence-electron chi connectivity index (χ1n) is 9.40. The smallest absolute Gasteiger partial charge is 0.287 e. The van der Waals surface area contributed by atoms with Gasteiger partial charge < -0.3 is 10.4 Å². The van der Waals surface area contributed by atoms with Crippen LogP contribution < -0.4 is 10.7 Å². The average Bonchev–Trinajstić information content (AvgIpc) is 2.79. The highest BCUT2D eigenvalue weighted by Crippen LogP contribution is 2.16. The molecule has 0 saturated heterocycles. The number of aromatic hydroxyl groups is 1. The van der Waals surface area contributed by atoms with Crippen LogP contribution in [0.3, 0.4) is 0 Å². The molecule has 0 aromatic heterocycles. The third-order valence-electron chi connectivity index (χ3n) is 4.33. The second-order valence-electron chi connectivity index (χ2n) is 6.59. The molecule has 0 saturated carbocycles. The maximum absolute atomic E-state index is 12.8. The summed E-state index contributed by atoms with van der Waals surface area (Å²) in [5, 5.41) is 17.2. The highest BCUT2D eigenvalue weighted by Gasteiger charge is 2.15. The van der Waals surface area contributed by atoms with Crippen LogP contribution in [0.2, 0.25) is 5.02 Å². The Morgan fingerprint density at radius 3 is 2.26 bits per heavy atom. The summed E-state index contributed by atoms with van der Waals surface area (Å²) in [6.07, 6.45) is 1.53. The fourth-order valence-electron chi connectivity index (χ4n) is 2.70. The number of para-hydroxylation sites is 1. The summed E-state index contributed by atoms with van der Waals surface area (Å²) >= 11 is 5.92. The first kappa shape index (κ1) is 21.8. The molecule has 6 nitrogen and oxygen atoms in total. The molecule has 31 heavy (non-hydrogen) atoms. The average molecular weight is 434 g/mol. The molecule has 7 heteroatoms. The summed E-state index contributed by atoms with van der Waals surface area (Å²) in [4.78, 5) is 25.4. The Hall–Kier alpha value is -3.90. The quantitative estimate of drug-likeness (QED) is 0.306. The fraction of sp³-hybridized carbons (Fsp3) is 0.0417. The molecule has 3 N–H and O–H groups in total.